The van der Waals surface area contributed by atoms with Gasteiger partial charge in [0.1, 0.15) is 10.7 Å². The van der Waals surface area contributed by atoms with E-state index in [1.54, 1.807) is 13.1 Å². The highest BCUT2D eigenvalue weighted by atomic mass is 35.5. The van der Waals surface area contributed by atoms with Crippen LogP contribution in [-0.2, 0) is 30.8 Å². The Hall–Kier alpha value is -2.85. The number of aryl methyl sites for hydroxylation is 2. The molecule has 0 bridgehead atoms. The fourth-order valence-corrected chi connectivity index (χ4v) is 5.53. The second-order valence-electron chi connectivity index (χ2n) is 7.93. The lowest BCUT2D eigenvalue weighted by atomic mass is 10.2. The van der Waals surface area contributed by atoms with E-state index in [4.69, 9.17) is 21.6 Å². The van der Waals surface area contributed by atoms with Crippen LogP contribution in [0.5, 0.6) is 0 Å². The molecule has 0 radical (unpaired) electrons. The van der Waals surface area contributed by atoms with Crippen molar-refractivity contribution in [2.75, 3.05) is 47.0 Å². The molecule has 32 heavy (non-hydrogen) atoms. The van der Waals surface area contributed by atoms with Crippen molar-refractivity contribution in [3.63, 3.8) is 0 Å². The molecule has 2 aliphatic heterocycles. The zero-order valence-electron chi connectivity index (χ0n) is 17.7. The van der Waals surface area contributed by atoms with Gasteiger partial charge < -0.3 is 15.1 Å². The van der Waals surface area contributed by atoms with Crippen LogP contribution in [-0.4, -0.2) is 55.9 Å². The average Bonchev–Trinajstić information content (AvgIpc) is 3.34. The summed E-state index contributed by atoms with van der Waals surface area (Å²) in [5, 5.41) is 7.00. The van der Waals surface area contributed by atoms with Crippen molar-refractivity contribution < 1.29 is 4.21 Å². The summed E-state index contributed by atoms with van der Waals surface area (Å²) in [6.07, 6.45) is 0.680. The number of nitrogens with one attached hydrogen (secondary N) is 2. The maximum absolute atomic E-state index is 12.6. The first-order valence-electron chi connectivity index (χ1n) is 10.5. The van der Waals surface area contributed by atoms with Gasteiger partial charge in [-0.25, -0.2) is 4.98 Å². The molecule has 168 valence electrons. The Bertz CT molecular complexity index is 1220. The monoisotopic (exact) mass is 473 g/mol. The number of H-pyrrole nitrogens is 1. The number of hydrogen-bond acceptors (Lipinski definition) is 7. The molecule has 11 heteroatoms. The minimum atomic E-state index is -1.11. The Labute approximate surface area is 192 Å². The van der Waals surface area contributed by atoms with Gasteiger partial charge in [0.15, 0.2) is 0 Å². The Morgan fingerprint density at radius 3 is 2.53 bits per heavy atom. The molecule has 3 aromatic rings. The number of nitrogens with zero attached hydrogens (tertiary/aromatic N) is 5. The molecule has 2 aromatic heterocycles. The number of fused-ring (bicyclic) bond motifs is 1. The molecule has 1 fully saturated rings. The van der Waals surface area contributed by atoms with E-state index in [2.05, 4.69) is 20.2 Å². The van der Waals surface area contributed by atoms with Gasteiger partial charge in [-0.3, -0.25) is 18.8 Å². The second-order valence-corrected chi connectivity index (χ2v) is 9.87. The van der Waals surface area contributed by atoms with Crippen molar-refractivity contribution in [1.29, 1.82) is 0 Å². The lowest BCUT2D eigenvalue weighted by molar-refractivity contribution is 0.637. The lowest BCUT2D eigenvalue weighted by Crippen LogP contribution is -2.47. The molecule has 5 rings (SSSR count). The fourth-order valence-electron chi connectivity index (χ4n) is 4.08. The normalized spacial score (nSPS) is 18.1. The SMILES string of the molecule is Cn1[nH]c(CNc2nc(N3CCN(c4ccc(Cl)cc4)CC3)nc3c2S(=O)CC3)cc1=O. The van der Waals surface area contributed by atoms with Gasteiger partial charge in [0, 0.05) is 62.2 Å². The molecule has 1 saturated heterocycles. The summed E-state index contributed by atoms with van der Waals surface area (Å²) in [6, 6.07) is 9.43. The third-order valence-electron chi connectivity index (χ3n) is 5.82. The number of benzene rings is 1. The van der Waals surface area contributed by atoms with E-state index in [1.807, 2.05) is 24.3 Å². The standard InChI is InChI=1S/C21H24ClN7O2S/c1-27-18(30)12-15(26-27)13-23-20-19-17(6-11-32(19)31)24-21(25-20)29-9-7-28(8-10-29)16-4-2-14(22)3-5-16/h2-5,12,26H,6-11,13H2,1H3,(H,23,24,25). The summed E-state index contributed by atoms with van der Waals surface area (Å²) in [4.78, 5) is 26.4. The maximum Gasteiger partial charge on any atom is 0.266 e. The summed E-state index contributed by atoms with van der Waals surface area (Å²) in [5.41, 5.74) is 2.64. The van der Waals surface area contributed by atoms with Crippen LogP contribution in [0.15, 0.2) is 40.0 Å². The average molecular weight is 474 g/mol. The summed E-state index contributed by atoms with van der Waals surface area (Å²) in [6.45, 7) is 3.66. The van der Waals surface area contributed by atoms with Gasteiger partial charge in [-0.15, -0.1) is 0 Å². The fraction of sp³-hybridized carbons (Fsp3) is 0.381. The molecule has 9 nitrogen and oxygen atoms in total. The highest BCUT2D eigenvalue weighted by Gasteiger charge is 2.28. The molecule has 1 unspecified atom stereocenters. The van der Waals surface area contributed by atoms with Gasteiger partial charge in [0.2, 0.25) is 5.95 Å². The van der Waals surface area contributed by atoms with E-state index >= 15 is 0 Å². The molecular formula is C21H24ClN7O2S. The topological polar surface area (TPSA) is 99.2 Å². The van der Waals surface area contributed by atoms with E-state index < -0.39 is 10.8 Å². The van der Waals surface area contributed by atoms with Crippen LogP contribution in [0.2, 0.25) is 5.02 Å². The Morgan fingerprint density at radius 1 is 1.12 bits per heavy atom. The number of halogens is 1. The van der Waals surface area contributed by atoms with Gasteiger partial charge in [0.25, 0.3) is 5.56 Å². The summed E-state index contributed by atoms with van der Waals surface area (Å²) in [7, 11) is 0.557. The van der Waals surface area contributed by atoms with Crippen LogP contribution >= 0.6 is 11.6 Å². The smallest absolute Gasteiger partial charge is 0.266 e. The third-order valence-corrected chi connectivity index (χ3v) is 7.53. The maximum atomic E-state index is 12.6. The van der Waals surface area contributed by atoms with Crippen molar-refractivity contribution >= 4 is 39.9 Å². The van der Waals surface area contributed by atoms with E-state index in [0.29, 0.717) is 35.4 Å². The van der Waals surface area contributed by atoms with Gasteiger partial charge >= 0.3 is 0 Å². The van der Waals surface area contributed by atoms with Crippen molar-refractivity contribution in [2.45, 2.75) is 17.9 Å². The molecule has 0 amide bonds. The van der Waals surface area contributed by atoms with Crippen LogP contribution in [0.3, 0.4) is 0 Å². The first-order valence-corrected chi connectivity index (χ1v) is 12.2. The lowest BCUT2D eigenvalue weighted by Gasteiger charge is -2.36. The van der Waals surface area contributed by atoms with Crippen LogP contribution in [0.1, 0.15) is 11.4 Å². The number of aromatic amines is 1. The van der Waals surface area contributed by atoms with E-state index in [0.717, 1.165) is 48.3 Å². The van der Waals surface area contributed by atoms with Crippen molar-refractivity contribution in [3.05, 3.63) is 57.1 Å². The van der Waals surface area contributed by atoms with Crippen LogP contribution in [0.4, 0.5) is 17.5 Å². The molecule has 4 heterocycles. The third kappa shape index (κ3) is 4.12. The molecule has 1 aromatic carbocycles. The highest BCUT2D eigenvalue weighted by Crippen LogP contribution is 2.30. The zero-order chi connectivity index (χ0) is 22.2. The van der Waals surface area contributed by atoms with Gasteiger partial charge in [-0.05, 0) is 24.3 Å². The molecule has 0 aliphatic carbocycles. The predicted molar refractivity (Wildman–Crippen MR) is 126 cm³/mol. The number of anilines is 3. The minimum Gasteiger partial charge on any atom is -0.368 e. The minimum absolute atomic E-state index is 0.0995. The molecule has 2 N–H and O–H groups in total. The number of hydrogen-bond donors (Lipinski definition) is 2. The number of aromatic nitrogens is 4. The van der Waals surface area contributed by atoms with Crippen molar-refractivity contribution in [3.8, 4) is 0 Å². The quantitative estimate of drug-likeness (QED) is 0.582. The molecule has 0 saturated carbocycles. The molecule has 1 atom stereocenters. The van der Waals surface area contributed by atoms with Crippen LogP contribution < -0.4 is 20.7 Å². The largest absolute Gasteiger partial charge is 0.368 e. The number of piperazine rings is 1. The summed E-state index contributed by atoms with van der Waals surface area (Å²) in [5.74, 6) is 1.81. The first kappa shape index (κ1) is 21.0. The van der Waals surface area contributed by atoms with Crippen LogP contribution in [0.25, 0.3) is 0 Å². The first-order chi connectivity index (χ1) is 15.5. The van der Waals surface area contributed by atoms with Crippen molar-refractivity contribution in [2.24, 2.45) is 7.05 Å². The van der Waals surface area contributed by atoms with E-state index in [9.17, 15) is 9.00 Å². The van der Waals surface area contributed by atoms with Gasteiger partial charge in [0.05, 0.1) is 28.7 Å². The van der Waals surface area contributed by atoms with Gasteiger partial charge in [-0.1, -0.05) is 11.6 Å². The summed E-state index contributed by atoms with van der Waals surface area (Å²) >= 11 is 6.01. The van der Waals surface area contributed by atoms with Gasteiger partial charge in [-0.2, -0.15) is 4.98 Å². The molecular weight excluding hydrogens is 450 g/mol. The van der Waals surface area contributed by atoms with E-state index in [-0.39, 0.29) is 5.56 Å². The Kier molecular flexibility index (Phi) is 5.64. The van der Waals surface area contributed by atoms with Crippen molar-refractivity contribution in [1.82, 2.24) is 19.7 Å². The highest BCUT2D eigenvalue weighted by molar-refractivity contribution is 7.85. The van der Waals surface area contributed by atoms with E-state index in [1.165, 1.54) is 4.68 Å². The Morgan fingerprint density at radius 2 is 1.84 bits per heavy atom. The predicted octanol–water partition coefficient (Wildman–Crippen LogP) is 1.76. The number of rotatable bonds is 5. The Balaban J connectivity index is 1.34. The molecule has 0 spiro atoms. The zero-order valence-corrected chi connectivity index (χ0v) is 19.2. The second kappa shape index (κ2) is 8.59. The summed E-state index contributed by atoms with van der Waals surface area (Å²) < 4.78 is 14.0. The van der Waals surface area contributed by atoms with Crippen LogP contribution in [0, 0.1) is 0 Å². The molecule has 2 aliphatic rings.